The third-order valence-corrected chi connectivity index (χ3v) is 4.35. The van der Waals surface area contributed by atoms with Crippen molar-refractivity contribution in [3.05, 3.63) is 0 Å². The molecule has 1 saturated carbocycles. The van der Waals surface area contributed by atoms with Gasteiger partial charge < -0.3 is 5.32 Å². The highest BCUT2D eigenvalue weighted by Crippen LogP contribution is 2.28. The normalized spacial score (nSPS) is 29.6. The first-order valence-corrected chi connectivity index (χ1v) is 7.18. The van der Waals surface area contributed by atoms with Crippen LogP contribution in [0.3, 0.4) is 0 Å². The van der Waals surface area contributed by atoms with Crippen LogP contribution in [0.25, 0.3) is 0 Å². The van der Waals surface area contributed by atoms with E-state index in [9.17, 15) is 0 Å². The van der Waals surface area contributed by atoms with Crippen molar-refractivity contribution in [2.24, 2.45) is 0 Å². The molecule has 2 rings (SSSR count). The topological polar surface area (TPSA) is 15.3 Å². The zero-order valence-electron chi connectivity index (χ0n) is 11.1. The summed E-state index contributed by atoms with van der Waals surface area (Å²) in [4.78, 5) is 2.80. The molecule has 1 saturated heterocycles. The molecular weight excluding hydrogens is 196 g/mol. The molecule has 0 unspecified atom stereocenters. The molecule has 0 aromatic carbocycles. The third-order valence-electron chi connectivity index (χ3n) is 4.35. The molecule has 0 aromatic heterocycles. The Kier molecular flexibility index (Phi) is 4.26. The summed E-state index contributed by atoms with van der Waals surface area (Å²) in [6.07, 6.45) is 10.0. The number of nitrogens with zero attached hydrogens (tertiary/aromatic N) is 1. The summed E-state index contributed by atoms with van der Waals surface area (Å²) in [5.41, 5.74) is 0.353. The Morgan fingerprint density at radius 3 is 2.38 bits per heavy atom. The molecular formula is C14H28N2. The zero-order valence-corrected chi connectivity index (χ0v) is 11.1. The summed E-state index contributed by atoms with van der Waals surface area (Å²) >= 11 is 0. The van der Waals surface area contributed by atoms with Crippen LogP contribution in [0.15, 0.2) is 0 Å². The lowest BCUT2D eigenvalue weighted by Gasteiger charge is -2.42. The monoisotopic (exact) mass is 224 g/mol. The first-order chi connectivity index (χ1) is 7.70. The summed E-state index contributed by atoms with van der Waals surface area (Å²) < 4.78 is 0. The summed E-state index contributed by atoms with van der Waals surface area (Å²) in [6.45, 7) is 8.48. The average Bonchev–Trinajstić information content (AvgIpc) is 2.58. The van der Waals surface area contributed by atoms with Gasteiger partial charge in [0.25, 0.3) is 0 Å². The standard InChI is InChI=1S/C14H28N2/c1-14(2)12-15-10-7-11-16(14)13-8-5-3-4-6-9-13/h13,15H,3-12H2,1-2H3. The Hall–Kier alpha value is -0.0800. The number of hydrogen-bond acceptors (Lipinski definition) is 2. The molecule has 1 aliphatic carbocycles. The second kappa shape index (κ2) is 5.50. The molecule has 2 nitrogen and oxygen atoms in total. The Balaban J connectivity index is 2.02. The van der Waals surface area contributed by atoms with Gasteiger partial charge in [-0.2, -0.15) is 0 Å². The molecule has 0 bridgehead atoms. The van der Waals surface area contributed by atoms with Gasteiger partial charge in [0, 0.05) is 24.7 Å². The van der Waals surface area contributed by atoms with Crippen LogP contribution < -0.4 is 5.32 Å². The average molecular weight is 224 g/mol. The summed E-state index contributed by atoms with van der Waals surface area (Å²) in [5, 5.41) is 3.58. The molecule has 1 heterocycles. The van der Waals surface area contributed by atoms with Gasteiger partial charge in [-0.05, 0) is 39.7 Å². The van der Waals surface area contributed by atoms with Crippen LogP contribution in [0.2, 0.25) is 0 Å². The van der Waals surface area contributed by atoms with Crippen molar-refractivity contribution in [2.45, 2.75) is 70.4 Å². The Bertz CT molecular complexity index is 205. The molecule has 0 aromatic rings. The fourth-order valence-corrected chi connectivity index (χ4v) is 3.42. The molecule has 2 fully saturated rings. The van der Waals surface area contributed by atoms with E-state index in [1.807, 2.05) is 0 Å². The molecule has 2 aliphatic rings. The SMILES string of the molecule is CC1(C)CNCCCN1C1CCCCCC1. The van der Waals surface area contributed by atoms with Crippen molar-refractivity contribution >= 4 is 0 Å². The van der Waals surface area contributed by atoms with Crippen molar-refractivity contribution in [3.63, 3.8) is 0 Å². The molecule has 16 heavy (non-hydrogen) atoms. The first kappa shape index (κ1) is 12.4. The van der Waals surface area contributed by atoms with Crippen LogP contribution in [0.5, 0.6) is 0 Å². The highest BCUT2D eigenvalue weighted by atomic mass is 15.2. The van der Waals surface area contributed by atoms with E-state index < -0.39 is 0 Å². The van der Waals surface area contributed by atoms with Gasteiger partial charge in [0.1, 0.15) is 0 Å². The van der Waals surface area contributed by atoms with Gasteiger partial charge in [-0.25, -0.2) is 0 Å². The molecule has 2 heteroatoms. The van der Waals surface area contributed by atoms with Crippen LogP contribution >= 0.6 is 0 Å². The quantitative estimate of drug-likeness (QED) is 0.689. The molecule has 94 valence electrons. The van der Waals surface area contributed by atoms with Crippen molar-refractivity contribution in [1.82, 2.24) is 10.2 Å². The maximum absolute atomic E-state index is 3.58. The molecule has 0 amide bonds. The van der Waals surface area contributed by atoms with E-state index in [1.165, 1.54) is 58.0 Å². The highest BCUT2D eigenvalue weighted by Gasteiger charge is 2.33. The first-order valence-electron chi connectivity index (χ1n) is 7.18. The van der Waals surface area contributed by atoms with Crippen LogP contribution in [-0.4, -0.2) is 36.1 Å². The van der Waals surface area contributed by atoms with Gasteiger partial charge in [0.15, 0.2) is 0 Å². The minimum Gasteiger partial charge on any atom is -0.315 e. The lowest BCUT2D eigenvalue weighted by Crippen LogP contribution is -2.53. The van der Waals surface area contributed by atoms with E-state index in [1.54, 1.807) is 0 Å². The summed E-state index contributed by atoms with van der Waals surface area (Å²) in [7, 11) is 0. The predicted molar refractivity (Wildman–Crippen MR) is 69.8 cm³/mol. The zero-order chi connectivity index (χ0) is 11.4. The second-order valence-electron chi connectivity index (χ2n) is 6.18. The number of rotatable bonds is 1. The van der Waals surface area contributed by atoms with Gasteiger partial charge in [-0.3, -0.25) is 4.90 Å². The van der Waals surface area contributed by atoms with Gasteiger partial charge in [0.2, 0.25) is 0 Å². The summed E-state index contributed by atoms with van der Waals surface area (Å²) in [6, 6.07) is 0.859. The smallest absolute Gasteiger partial charge is 0.0280 e. The Labute approximate surface area is 101 Å². The third kappa shape index (κ3) is 2.98. The molecule has 0 spiro atoms. The van der Waals surface area contributed by atoms with Gasteiger partial charge in [-0.1, -0.05) is 25.7 Å². The van der Waals surface area contributed by atoms with Crippen molar-refractivity contribution in [3.8, 4) is 0 Å². The van der Waals surface area contributed by atoms with Crippen LogP contribution in [0.1, 0.15) is 58.8 Å². The van der Waals surface area contributed by atoms with Crippen molar-refractivity contribution in [1.29, 1.82) is 0 Å². The van der Waals surface area contributed by atoms with Crippen molar-refractivity contribution < 1.29 is 0 Å². The Morgan fingerprint density at radius 1 is 1.00 bits per heavy atom. The van der Waals surface area contributed by atoms with E-state index in [0.29, 0.717) is 5.54 Å². The van der Waals surface area contributed by atoms with Crippen LogP contribution in [0.4, 0.5) is 0 Å². The Morgan fingerprint density at radius 2 is 1.69 bits per heavy atom. The van der Waals surface area contributed by atoms with Crippen LogP contribution in [-0.2, 0) is 0 Å². The van der Waals surface area contributed by atoms with Gasteiger partial charge in [-0.15, -0.1) is 0 Å². The molecule has 1 N–H and O–H groups in total. The second-order valence-corrected chi connectivity index (χ2v) is 6.18. The van der Waals surface area contributed by atoms with E-state index in [-0.39, 0.29) is 0 Å². The highest BCUT2D eigenvalue weighted by molar-refractivity contribution is 4.91. The van der Waals surface area contributed by atoms with E-state index >= 15 is 0 Å². The van der Waals surface area contributed by atoms with Gasteiger partial charge in [0.05, 0.1) is 0 Å². The molecule has 1 aliphatic heterocycles. The lowest BCUT2D eigenvalue weighted by atomic mass is 9.96. The predicted octanol–water partition coefficient (Wildman–Crippen LogP) is 2.78. The fraction of sp³-hybridized carbons (Fsp3) is 1.00. The van der Waals surface area contributed by atoms with E-state index in [4.69, 9.17) is 0 Å². The van der Waals surface area contributed by atoms with Gasteiger partial charge >= 0.3 is 0 Å². The number of hydrogen-bond donors (Lipinski definition) is 1. The molecule has 0 radical (unpaired) electrons. The van der Waals surface area contributed by atoms with E-state index in [0.717, 1.165) is 12.6 Å². The molecule has 0 atom stereocenters. The fourth-order valence-electron chi connectivity index (χ4n) is 3.42. The summed E-state index contributed by atoms with van der Waals surface area (Å²) in [5.74, 6) is 0. The minimum atomic E-state index is 0.353. The maximum Gasteiger partial charge on any atom is 0.0280 e. The largest absolute Gasteiger partial charge is 0.315 e. The van der Waals surface area contributed by atoms with Crippen molar-refractivity contribution in [2.75, 3.05) is 19.6 Å². The maximum atomic E-state index is 3.58. The lowest BCUT2D eigenvalue weighted by molar-refractivity contribution is 0.0709. The minimum absolute atomic E-state index is 0.353. The van der Waals surface area contributed by atoms with E-state index in [2.05, 4.69) is 24.1 Å². The van der Waals surface area contributed by atoms with Crippen LogP contribution in [0, 0.1) is 0 Å². The number of nitrogens with one attached hydrogen (secondary N) is 1.